The van der Waals surface area contributed by atoms with Gasteiger partial charge in [0.05, 0.1) is 11.1 Å². The molecule has 0 amide bonds. The van der Waals surface area contributed by atoms with Gasteiger partial charge >= 0.3 is 5.97 Å². The molecule has 1 aliphatic heterocycles. The molecule has 0 radical (unpaired) electrons. The van der Waals surface area contributed by atoms with Gasteiger partial charge in [0.25, 0.3) is 0 Å². The van der Waals surface area contributed by atoms with Crippen molar-refractivity contribution in [2.75, 3.05) is 0 Å². The van der Waals surface area contributed by atoms with Crippen molar-refractivity contribution < 1.29 is 18.3 Å². The highest BCUT2D eigenvalue weighted by molar-refractivity contribution is 6.31. The smallest absolute Gasteiger partial charge is 0.324 e. The van der Waals surface area contributed by atoms with Crippen LogP contribution in [-0.4, -0.2) is 23.7 Å². The molecule has 188 valence electrons. The molecule has 4 atom stereocenters. The summed E-state index contributed by atoms with van der Waals surface area (Å²) < 4.78 is 35.9. The van der Waals surface area contributed by atoms with Crippen molar-refractivity contribution in [1.82, 2.24) is 5.32 Å². The summed E-state index contributed by atoms with van der Waals surface area (Å²) in [7, 11) is 0. The van der Waals surface area contributed by atoms with Gasteiger partial charge in [0.1, 0.15) is 28.7 Å². The third-order valence-corrected chi connectivity index (χ3v) is 6.60. The van der Waals surface area contributed by atoms with E-state index in [4.69, 9.17) is 27.9 Å². The standard InChI is InChI=1S/C27H30Cl2F2N2O2/c1-25(2,3)13-21-27(14-32,17-11-20(31)18(29)12-19(17)30)22(15-8-7-9-16(28)10-15)23(33-21)24(34)35-26(4,5)6/h7-12,21-23,33H,13H2,1-6H3. The van der Waals surface area contributed by atoms with E-state index >= 15 is 4.39 Å². The molecule has 4 nitrogen and oxygen atoms in total. The van der Waals surface area contributed by atoms with Crippen LogP contribution in [0.5, 0.6) is 0 Å². The Balaban J connectivity index is 2.36. The first-order valence-corrected chi connectivity index (χ1v) is 12.2. The summed E-state index contributed by atoms with van der Waals surface area (Å²) in [5.41, 5.74) is -2.42. The van der Waals surface area contributed by atoms with Crippen molar-refractivity contribution in [1.29, 1.82) is 5.26 Å². The molecular formula is C27H30Cl2F2N2O2. The van der Waals surface area contributed by atoms with Crippen LogP contribution in [0.15, 0.2) is 36.4 Å². The van der Waals surface area contributed by atoms with E-state index in [9.17, 15) is 14.4 Å². The second kappa shape index (κ2) is 9.69. The van der Waals surface area contributed by atoms with Gasteiger partial charge in [0, 0.05) is 22.5 Å². The lowest BCUT2D eigenvalue weighted by molar-refractivity contribution is -0.157. The highest BCUT2D eigenvalue weighted by Gasteiger charge is 2.61. The summed E-state index contributed by atoms with van der Waals surface area (Å²) in [6.45, 7) is 11.2. The van der Waals surface area contributed by atoms with E-state index in [2.05, 4.69) is 11.4 Å². The van der Waals surface area contributed by atoms with Gasteiger partial charge in [-0.25, -0.2) is 8.78 Å². The van der Waals surface area contributed by atoms with Gasteiger partial charge in [0.2, 0.25) is 0 Å². The van der Waals surface area contributed by atoms with E-state index in [-0.39, 0.29) is 16.0 Å². The highest BCUT2D eigenvalue weighted by atomic mass is 35.5. The number of hydrogen-bond acceptors (Lipinski definition) is 4. The van der Waals surface area contributed by atoms with Gasteiger partial charge in [-0.2, -0.15) is 5.26 Å². The molecule has 0 aliphatic carbocycles. The fraction of sp³-hybridized carbons (Fsp3) is 0.481. The fourth-order valence-electron chi connectivity index (χ4n) is 4.88. The predicted molar refractivity (Wildman–Crippen MR) is 133 cm³/mol. The van der Waals surface area contributed by atoms with Gasteiger partial charge in [-0.05, 0) is 62.4 Å². The fourth-order valence-corrected chi connectivity index (χ4v) is 5.23. The largest absolute Gasteiger partial charge is 0.459 e. The molecule has 8 heteroatoms. The van der Waals surface area contributed by atoms with Crippen LogP contribution in [0.4, 0.5) is 8.78 Å². The summed E-state index contributed by atoms with van der Waals surface area (Å²) >= 11 is 12.1. The number of carbonyl (C=O) groups is 1. The number of nitrogens with zero attached hydrogens (tertiary/aromatic N) is 1. The zero-order valence-electron chi connectivity index (χ0n) is 20.7. The van der Waals surface area contributed by atoms with Crippen molar-refractivity contribution >= 4 is 29.2 Å². The minimum Gasteiger partial charge on any atom is -0.459 e. The summed E-state index contributed by atoms with van der Waals surface area (Å²) in [5.74, 6) is -3.19. The van der Waals surface area contributed by atoms with E-state index in [0.717, 1.165) is 12.1 Å². The molecule has 1 saturated heterocycles. The Morgan fingerprint density at radius 2 is 1.77 bits per heavy atom. The number of esters is 1. The van der Waals surface area contributed by atoms with Crippen LogP contribution in [0.3, 0.4) is 0 Å². The quantitative estimate of drug-likeness (QED) is 0.349. The van der Waals surface area contributed by atoms with Crippen molar-refractivity contribution in [3.05, 3.63) is 69.2 Å². The Hall–Kier alpha value is -2.20. The van der Waals surface area contributed by atoms with Crippen LogP contribution < -0.4 is 5.32 Å². The maximum atomic E-state index is 15.5. The third kappa shape index (κ3) is 5.63. The van der Waals surface area contributed by atoms with Crippen LogP contribution in [0.25, 0.3) is 0 Å². The van der Waals surface area contributed by atoms with E-state index in [1.54, 1.807) is 45.0 Å². The summed E-state index contributed by atoms with van der Waals surface area (Å²) in [5, 5.41) is 14.0. The number of ether oxygens (including phenoxy) is 1. The number of nitrogens with one attached hydrogen (secondary N) is 1. The number of hydrogen-bond donors (Lipinski definition) is 1. The van der Waals surface area contributed by atoms with Gasteiger partial charge in [-0.15, -0.1) is 0 Å². The van der Waals surface area contributed by atoms with Crippen LogP contribution in [-0.2, 0) is 14.9 Å². The zero-order chi connectivity index (χ0) is 26.3. The summed E-state index contributed by atoms with van der Waals surface area (Å²) in [6.07, 6.45) is 0.389. The lowest BCUT2D eigenvalue weighted by Crippen LogP contribution is -2.45. The molecule has 3 rings (SSSR count). The molecule has 2 aromatic carbocycles. The molecule has 1 N–H and O–H groups in total. The first-order chi connectivity index (χ1) is 16.1. The molecule has 35 heavy (non-hydrogen) atoms. The minimum atomic E-state index is -1.67. The molecular weight excluding hydrogens is 493 g/mol. The number of halogens is 4. The van der Waals surface area contributed by atoms with Crippen molar-refractivity contribution in [2.45, 2.75) is 77.0 Å². The maximum Gasteiger partial charge on any atom is 0.324 e. The Morgan fingerprint density at radius 1 is 1.11 bits per heavy atom. The molecule has 0 aromatic heterocycles. The minimum absolute atomic E-state index is 0.167. The van der Waals surface area contributed by atoms with E-state index in [0.29, 0.717) is 17.0 Å². The first kappa shape index (κ1) is 27.4. The van der Waals surface area contributed by atoms with Crippen LogP contribution >= 0.6 is 23.2 Å². The lowest BCUT2D eigenvalue weighted by atomic mass is 9.63. The van der Waals surface area contributed by atoms with E-state index < -0.39 is 46.6 Å². The Kier molecular flexibility index (Phi) is 7.58. The number of benzene rings is 2. The van der Waals surface area contributed by atoms with Gasteiger partial charge in [-0.3, -0.25) is 10.1 Å². The summed E-state index contributed by atoms with van der Waals surface area (Å²) in [4.78, 5) is 13.5. The van der Waals surface area contributed by atoms with E-state index in [1.807, 2.05) is 20.8 Å². The molecule has 0 saturated carbocycles. The lowest BCUT2D eigenvalue weighted by Gasteiger charge is -2.37. The molecule has 0 bridgehead atoms. The van der Waals surface area contributed by atoms with Gasteiger partial charge in [-0.1, -0.05) is 56.1 Å². The maximum absolute atomic E-state index is 15.5. The molecule has 1 fully saturated rings. The van der Waals surface area contributed by atoms with Crippen LogP contribution in [0.2, 0.25) is 10.0 Å². The van der Waals surface area contributed by atoms with Crippen molar-refractivity contribution in [3.63, 3.8) is 0 Å². The molecule has 1 heterocycles. The predicted octanol–water partition coefficient (Wildman–Crippen LogP) is 6.94. The third-order valence-electron chi connectivity index (χ3n) is 6.08. The normalized spacial score (nSPS) is 24.8. The number of rotatable bonds is 4. The Labute approximate surface area is 215 Å². The second-order valence-electron chi connectivity index (χ2n) is 11.3. The van der Waals surface area contributed by atoms with E-state index in [1.165, 1.54) is 0 Å². The van der Waals surface area contributed by atoms with Crippen LogP contribution in [0, 0.1) is 28.4 Å². The van der Waals surface area contributed by atoms with Crippen molar-refractivity contribution in [2.24, 2.45) is 5.41 Å². The summed E-state index contributed by atoms with van der Waals surface area (Å²) in [6, 6.07) is 9.14. The first-order valence-electron chi connectivity index (χ1n) is 11.4. The number of carbonyl (C=O) groups excluding carboxylic acids is 1. The van der Waals surface area contributed by atoms with Gasteiger partial charge < -0.3 is 4.74 Å². The van der Waals surface area contributed by atoms with Gasteiger partial charge in [0.15, 0.2) is 0 Å². The molecule has 1 aliphatic rings. The SMILES string of the molecule is CC(C)(C)CC1NC(C(=O)OC(C)(C)C)C(c2cccc(Cl)c2)C1(C#N)c1cc(F)c(Cl)cc1F. The Morgan fingerprint density at radius 3 is 2.31 bits per heavy atom. The van der Waals surface area contributed by atoms with Crippen LogP contribution in [0.1, 0.15) is 65.0 Å². The molecule has 4 unspecified atom stereocenters. The molecule has 0 spiro atoms. The topological polar surface area (TPSA) is 62.1 Å². The monoisotopic (exact) mass is 522 g/mol. The average Bonchev–Trinajstić information content (AvgIpc) is 3.02. The second-order valence-corrected chi connectivity index (χ2v) is 12.1. The van der Waals surface area contributed by atoms with Crippen molar-refractivity contribution in [3.8, 4) is 6.07 Å². The average molecular weight is 523 g/mol. The number of nitriles is 1. The molecule has 2 aromatic rings. The zero-order valence-corrected chi connectivity index (χ0v) is 22.2. The highest BCUT2D eigenvalue weighted by Crippen LogP contribution is 2.52. The Bertz CT molecular complexity index is 1170.